The van der Waals surface area contributed by atoms with Crippen molar-refractivity contribution in [3.05, 3.63) is 71.8 Å². The molecule has 2 aromatic carbocycles. The van der Waals surface area contributed by atoms with Gasteiger partial charge in [0.1, 0.15) is 0 Å². The van der Waals surface area contributed by atoms with E-state index in [1.54, 1.807) is 0 Å². The molecule has 0 saturated heterocycles. The summed E-state index contributed by atoms with van der Waals surface area (Å²) in [5, 5.41) is 7.12. The predicted octanol–water partition coefficient (Wildman–Crippen LogP) is 3.80. The summed E-state index contributed by atoms with van der Waals surface area (Å²) in [7, 11) is 0. The SMILES string of the molecule is C[C@H]1CCCC[C@H]1NC(=O)CO/N=C(/N)C(c1ccccc1)c1ccccc1. The first kappa shape index (κ1) is 19.9. The highest BCUT2D eigenvalue weighted by Gasteiger charge is 2.23. The quantitative estimate of drug-likeness (QED) is 0.436. The molecule has 3 rings (SSSR count). The minimum atomic E-state index is -0.219. The molecule has 28 heavy (non-hydrogen) atoms. The monoisotopic (exact) mass is 379 g/mol. The van der Waals surface area contributed by atoms with Gasteiger partial charge in [-0.2, -0.15) is 0 Å². The molecule has 1 fully saturated rings. The topological polar surface area (TPSA) is 76.7 Å². The van der Waals surface area contributed by atoms with Crippen LogP contribution < -0.4 is 11.1 Å². The lowest BCUT2D eigenvalue weighted by Gasteiger charge is -2.29. The Kier molecular flexibility index (Phi) is 7.06. The number of hydrogen-bond acceptors (Lipinski definition) is 3. The number of rotatable bonds is 7. The average molecular weight is 380 g/mol. The summed E-state index contributed by atoms with van der Waals surface area (Å²) in [6.07, 6.45) is 4.59. The number of carbonyl (C=O) groups is 1. The molecule has 0 radical (unpaired) electrons. The molecule has 3 N–H and O–H groups in total. The van der Waals surface area contributed by atoms with Crippen molar-refractivity contribution < 1.29 is 9.63 Å². The van der Waals surface area contributed by atoms with Crippen molar-refractivity contribution in [2.24, 2.45) is 16.8 Å². The number of nitrogens with one attached hydrogen (secondary N) is 1. The van der Waals surface area contributed by atoms with Crippen LogP contribution in [-0.2, 0) is 9.63 Å². The Morgan fingerprint density at radius 2 is 1.64 bits per heavy atom. The molecule has 1 aliphatic carbocycles. The molecule has 0 aliphatic heterocycles. The molecule has 1 amide bonds. The minimum absolute atomic E-state index is 0.125. The molecule has 0 bridgehead atoms. The molecule has 2 atom stereocenters. The summed E-state index contributed by atoms with van der Waals surface area (Å²) < 4.78 is 0. The fourth-order valence-electron chi connectivity index (χ4n) is 3.82. The summed E-state index contributed by atoms with van der Waals surface area (Å²) in [6, 6.07) is 20.1. The third-order valence-corrected chi connectivity index (χ3v) is 5.39. The van der Waals surface area contributed by atoms with Crippen LogP contribution in [0.15, 0.2) is 65.8 Å². The van der Waals surface area contributed by atoms with Gasteiger partial charge in [0.05, 0.1) is 5.92 Å². The van der Waals surface area contributed by atoms with E-state index in [9.17, 15) is 4.79 Å². The van der Waals surface area contributed by atoms with Gasteiger partial charge in [-0.25, -0.2) is 0 Å². The van der Waals surface area contributed by atoms with Crippen LogP contribution in [0.2, 0.25) is 0 Å². The zero-order valence-corrected chi connectivity index (χ0v) is 16.4. The average Bonchev–Trinajstić information content (AvgIpc) is 2.71. The van der Waals surface area contributed by atoms with Gasteiger partial charge in [0.2, 0.25) is 0 Å². The van der Waals surface area contributed by atoms with E-state index < -0.39 is 0 Å². The number of nitrogens with zero attached hydrogens (tertiary/aromatic N) is 1. The van der Waals surface area contributed by atoms with Gasteiger partial charge in [-0.15, -0.1) is 0 Å². The Hall–Kier alpha value is -2.82. The lowest BCUT2D eigenvalue weighted by molar-refractivity contribution is -0.127. The van der Waals surface area contributed by atoms with Crippen molar-refractivity contribution >= 4 is 11.7 Å². The second-order valence-electron chi connectivity index (χ2n) is 7.48. The second kappa shape index (κ2) is 9.93. The van der Waals surface area contributed by atoms with Crippen LogP contribution in [0.1, 0.15) is 49.7 Å². The smallest absolute Gasteiger partial charge is 0.261 e. The molecule has 2 aromatic rings. The lowest BCUT2D eigenvalue weighted by atomic mass is 9.86. The van der Waals surface area contributed by atoms with Crippen LogP contribution in [0.4, 0.5) is 0 Å². The maximum atomic E-state index is 12.2. The normalized spacial score (nSPS) is 20.0. The molecule has 0 spiro atoms. The van der Waals surface area contributed by atoms with Crippen molar-refractivity contribution in [2.75, 3.05) is 6.61 Å². The number of hydrogen-bond donors (Lipinski definition) is 2. The van der Waals surface area contributed by atoms with Crippen LogP contribution in [-0.4, -0.2) is 24.4 Å². The summed E-state index contributed by atoms with van der Waals surface area (Å²) in [6.45, 7) is 2.06. The van der Waals surface area contributed by atoms with Crippen LogP contribution in [0.25, 0.3) is 0 Å². The van der Waals surface area contributed by atoms with Crippen molar-refractivity contribution in [1.82, 2.24) is 5.32 Å². The number of oxime groups is 1. The Morgan fingerprint density at radius 3 is 2.21 bits per heavy atom. The van der Waals surface area contributed by atoms with Crippen LogP contribution in [0, 0.1) is 5.92 Å². The van der Waals surface area contributed by atoms with Crippen molar-refractivity contribution in [3.8, 4) is 0 Å². The fraction of sp³-hybridized carbons (Fsp3) is 0.391. The van der Waals surface area contributed by atoms with Gasteiger partial charge >= 0.3 is 0 Å². The van der Waals surface area contributed by atoms with Crippen molar-refractivity contribution in [2.45, 2.75) is 44.6 Å². The Balaban J connectivity index is 1.63. The van der Waals surface area contributed by atoms with Gasteiger partial charge in [0.25, 0.3) is 5.91 Å². The molecule has 5 heteroatoms. The minimum Gasteiger partial charge on any atom is -0.384 e. The predicted molar refractivity (Wildman–Crippen MR) is 112 cm³/mol. The van der Waals surface area contributed by atoms with E-state index in [1.165, 1.54) is 6.42 Å². The highest BCUT2D eigenvalue weighted by atomic mass is 16.6. The number of benzene rings is 2. The Bertz CT molecular complexity index is 737. The molecule has 5 nitrogen and oxygen atoms in total. The van der Waals surface area contributed by atoms with Gasteiger partial charge in [-0.3, -0.25) is 4.79 Å². The third kappa shape index (κ3) is 5.35. The summed E-state index contributed by atoms with van der Waals surface area (Å²) in [5.74, 6) is 0.471. The molecule has 0 aromatic heterocycles. The van der Waals surface area contributed by atoms with Gasteiger partial charge in [0.15, 0.2) is 12.4 Å². The number of nitrogens with two attached hydrogens (primary N) is 1. The van der Waals surface area contributed by atoms with Gasteiger partial charge < -0.3 is 15.9 Å². The molecular weight excluding hydrogens is 350 g/mol. The highest BCUT2D eigenvalue weighted by molar-refractivity contribution is 5.90. The van der Waals surface area contributed by atoms with Crippen LogP contribution in [0.3, 0.4) is 0 Å². The maximum Gasteiger partial charge on any atom is 0.261 e. The zero-order chi connectivity index (χ0) is 19.8. The molecule has 0 unspecified atom stereocenters. The number of amides is 1. The summed E-state index contributed by atoms with van der Waals surface area (Å²) >= 11 is 0. The Labute approximate surface area is 167 Å². The van der Waals surface area contributed by atoms with Gasteiger partial charge in [-0.1, -0.05) is 85.6 Å². The maximum absolute atomic E-state index is 12.2. The summed E-state index contributed by atoms with van der Waals surface area (Å²) in [4.78, 5) is 17.5. The Morgan fingerprint density at radius 1 is 1.07 bits per heavy atom. The van der Waals surface area contributed by atoms with E-state index in [4.69, 9.17) is 10.6 Å². The molecule has 1 saturated carbocycles. The molecule has 0 heterocycles. The number of amidine groups is 1. The van der Waals surface area contributed by atoms with Crippen LogP contribution >= 0.6 is 0 Å². The number of carbonyl (C=O) groups excluding carboxylic acids is 1. The van der Waals surface area contributed by atoms with E-state index in [0.29, 0.717) is 11.8 Å². The standard InChI is InChI=1S/C23H29N3O2/c1-17-10-8-9-15-20(17)25-21(27)16-28-26-23(24)22(18-11-4-2-5-12-18)19-13-6-3-7-14-19/h2-7,11-14,17,20,22H,8-10,15-16H2,1H3,(H2,24,26)(H,25,27)/t17-,20+/m0/s1. The first-order valence-corrected chi connectivity index (χ1v) is 9.99. The van der Waals surface area contributed by atoms with E-state index in [0.717, 1.165) is 30.4 Å². The first-order valence-electron chi connectivity index (χ1n) is 9.99. The molecular formula is C23H29N3O2. The van der Waals surface area contributed by atoms with E-state index >= 15 is 0 Å². The van der Waals surface area contributed by atoms with E-state index in [2.05, 4.69) is 17.4 Å². The van der Waals surface area contributed by atoms with Gasteiger partial charge in [0, 0.05) is 6.04 Å². The zero-order valence-electron chi connectivity index (χ0n) is 16.4. The summed E-state index contributed by atoms with van der Waals surface area (Å²) in [5.41, 5.74) is 8.32. The first-order chi connectivity index (χ1) is 13.6. The van der Waals surface area contributed by atoms with Crippen molar-refractivity contribution in [1.29, 1.82) is 0 Å². The third-order valence-electron chi connectivity index (χ3n) is 5.39. The van der Waals surface area contributed by atoms with E-state index in [1.807, 2.05) is 60.7 Å². The molecule has 1 aliphatic rings. The second-order valence-corrected chi connectivity index (χ2v) is 7.48. The van der Waals surface area contributed by atoms with Crippen molar-refractivity contribution in [3.63, 3.8) is 0 Å². The largest absolute Gasteiger partial charge is 0.384 e. The highest BCUT2D eigenvalue weighted by Crippen LogP contribution is 2.25. The van der Waals surface area contributed by atoms with E-state index in [-0.39, 0.29) is 24.5 Å². The van der Waals surface area contributed by atoms with Gasteiger partial charge in [-0.05, 0) is 29.9 Å². The molecule has 148 valence electrons. The van der Waals surface area contributed by atoms with Crippen LogP contribution in [0.5, 0.6) is 0 Å². The fourth-order valence-corrected chi connectivity index (χ4v) is 3.82. The lowest BCUT2D eigenvalue weighted by Crippen LogP contribution is -2.42.